The van der Waals surface area contributed by atoms with Crippen molar-refractivity contribution >= 4 is 17.3 Å². The van der Waals surface area contributed by atoms with E-state index in [0.29, 0.717) is 11.5 Å². The van der Waals surface area contributed by atoms with Gasteiger partial charge in [-0.25, -0.2) is 0 Å². The van der Waals surface area contributed by atoms with Gasteiger partial charge >= 0.3 is 0 Å². The Morgan fingerprint density at radius 3 is 2.58 bits per heavy atom. The Hall–Kier alpha value is -3.09. The van der Waals surface area contributed by atoms with Crippen LogP contribution in [0.4, 0.5) is 11.4 Å². The average Bonchev–Trinajstić information content (AvgIpc) is 2.54. The minimum Gasteiger partial charge on any atom is -0.496 e. The first-order chi connectivity index (χ1) is 11.4. The molecule has 0 aliphatic carbocycles. The lowest BCUT2D eigenvalue weighted by atomic mass is 10.1. The lowest BCUT2D eigenvalue weighted by Crippen LogP contribution is -2.21. The molecule has 0 unspecified atom stereocenters. The number of ether oxygens (including phenoxy) is 2. The number of aryl methyl sites for hydroxylation is 2. The molecule has 0 radical (unpaired) electrons. The second-order valence-corrected chi connectivity index (χ2v) is 5.25. The van der Waals surface area contributed by atoms with Crippen LogP contribution in [0, 0.1) is 24.0 Å². The van der Waals surface area contributed by atoms with E-state index in [9.17, 15) is 14.9 Å². The van der Waals surface area contributed by atoms with Gasteiger partial charge in [-0.3, -0.25) is 14.9 Å². The van der Waals surface area contributed by atoms with E-state index in [0.717, 1.165) is 11.1 Å². The number of nitro groups is 1. The molecule has 7 nitrogen and oxygen atoms in total. The van der Waals surface area contributed by atoms with Crippen LogP contribution in [0.25, 0.3) is 0 Å². The van der Waals surface area contributed by atoms with E-state index in [1.165, 1.54) is 25.3 Å². The Kier molecular flexibility index (Phi) is 5.36. The molecule has 126 valence electrons. The Morgan fingerprint density at radius 1 is 1.21 bits per heavy atom. The minimum atomic E-state index is -0.580. The summed E-state index contributed by atoms with van der Waals surface area (Å²) >= 11 is 0. The zero-order chi connectivity index (χ0) is 17.7. The van der Waals surface area contributed by atoms with Crippen molar-refractivity contribution in [3.05, 3.63) is 57.6 Å². The molecule has 0 heterocycles. The van der Waals surface area contributed by atoms with Crippen molar-refractivity contribution in [2.45, 2.75) is 13.8 Å². The first kappa shape index (κ1) is 17.3. The molecule has 0 fully saturated rings. The molecule has 0 aliphatic heterocycles. The Bertz CT molecular complexity index is 774. The third-order valence-corrected chi connectivity index (χ3v) is 3.36. The van der Waals surface area contributed by atoms with Gasteiger partial charge in [-0.1, -0.05) is 17.7 Å². The van der Waals surface area contributed by atoms with Crippen molar-refractivity contribution in [2.75, 3.05) is 19.0 Å². The van der Waals surface area contributed by atoms with Crippen LogP contribution >= 0.6 is 0 Å². The van der Waals surface area contributed by atoms with E-state index in [1.807, 2.05) is 26.0 Å². The topological polar surface area (TPSA) is 90.7 Å². The summed E-state index contributed by atoms with van der Waals surface area (Å²) in [6.45, 7) is 3.61. The maximum Gasteiger partial charge on any atom is 0.296 e. The van der Waals surface area contributed by atoms with Crippen molar-refractivity contribution in [3.8, 4) is 11.5 Å². The Morgan fingerprint density at radius 2 is 1.96 bits per heavy atom. The van der Waals surface area contributed by atoms with Gasteiger partial charge in [0, 0.05) is 0 Å². The number of hydrogen-bond acceptors (Lipinski definition) is 5. The van der Waals surface area contributed by atoms with Gasteiger partial charge in [0.1, 0.15) is 17.2 Å². The zero-order valence-electron chi connectivity index (χ0n) is 13.7. The normalized spacial score (nSPS) is 10.1. The second-order valence-electron chi connectivity index (χ2n) is 5.25. The van der Waals surface area contributed by atoms with Gasteiger partial charge in [0.2, 0.25) is 0 Å². The Balaban J connectivity index is 2.05. The van der Waals surface area contributed by atoms with E-state index in [2.05, 4.69) is 5.32 Å². The highest BCUT2D eigenvalue weighted by molar-refractivity contribution is 5.94. The third-order valence-electron chi connectivity index (χ3n) is 3.36. The van der Waals surface area contributed by atoms with Crippen LogP contribution in [-0.4, -0.2) is 24.5 Å². The summed E-state index contributed by atoms with van der Waals surface area (Å²) in [5.74, 6) is 0.453. The molecule has 1 N–H and O–H groups in total. The second kappa shape index (κ2) is 7.45. The number of methoxy groups -OCH3 is 1. The molecule has 0 bridgehead atoms. The quantitative estimate of drug-likeness (QED) is 0.648. The molecule has 1 amide bonds. The first-order valence-corrected chi connectivity index (χ1v) is 7.23. The molecule has 0 saturated carbocycles. The van der Waals surface area contributed by atoms with Gasteiger partial charge in [0.15, 0.2) is 6.61 Å². The average molecular weight is 330 g/mol. The number of hydrogen-bond donors (Lipinski definition) is 1. The summed E-state index contributed by atoms with van der Waals surface area (Å²) < 4.78 is 10.4. The van der Waals surface area contributed by atoms with Gasteiger partial charge in [-0.2, -0.15) is 0 Å². The highest BCUT2D eigenvalue weighted by Gasteiger charge is 2.17. The molecular formula is C17H18N2O5. The minimum absolute atomic E-state index is 0.0926. The van der Waals surface area contributed by atoms with E-state index >= 15 is 0 Å². The van der Waals surface area contributed by atoms with E-state index in [1.54, 1.807) is 6.07 Å². The largest absolute Gasteiger partial charge is 0.496 e. The van der Waals surface area contributed by atoms with Crippen LogP contribution in [0.5, 0.6) is 11.5 Å². The molecule has 0 atom stereocenters. The summed E-state index contributed by atoms with van der Waals surface area (Å²) in [6, 6.07) is 9.82. The third kappa shape index (κ3) is 4.22. The fourth-order valence-electron chi connectivity index (χ4n) is 2.19. The predicted octanol–water partition coefficient (Wildman–Crippen LogP) is 3.24. The van der Waals surface area contributed by atoms with Crippen molar-refractivity contribution in [1.29, 1.82) is 0 Å². The highest BCUT2D eigenvalue weighted by atomic mass is 16.6. The number of benzene rings is 2. The first-order valence-electron chi connectivity index (χ1n) is 7.23. The fourth-order valence-corrected chi connectivity index (χ4v) is 2.19. The highest BCUT2D eigenvalue weighted by Crippen LogP contribution is 2.29. The van der Waals surface area contributed by atoms with Crippen molar-refractivity contribution in [3.63, 3.8) is 0 Å². The molecule has 24 heavy (non-hydrogen) atoms. The van der Waals surface area contributed by atoms with E-state index < -0.39 is 10.8 Å². The smallest absolute Gasteiger partial charge is 0.296 e. The molecule has 0 spiro atoms. The van der Waals surface area contributed by atoms with Gasteiger partial charge in [-0.05, 0) is 37.6 Å². The van der Waals surface area contributed by atoms with Crippen LogP contribution in [0.3, 0.4) is 0 Å². The molecule has 2 aromatic carbocycles. The molecule has 2 rings (SSSR count). The molecule has 0 saturated heterocycles. The number of anilines is 1. The lowest BCUT2D eigenvalue weighted by Gasteiger charge is -2.10. The summed E-state index contributed by atoms with van der Waals surface area (Å²) in [4.78, 5) is 22.5. The fraction of sp³-hybridized carbons (Fsp3) is 0.235. The van der Waals surface area contributed by atoms with Gasteiger partial charge in [0.25, 0.3) is 11.6 Å². The summed E-state index contributed by atoms with van der Waals surface area (Å²) in [6.07, 6.45) is 0. The van der Waals surface area contributed by atoms with Crippen LogP contribution in [-0.2, 0) is 4.79 Å². The molecule has 0 aromatic heterocycles. The van der Waals surface area contributed by atoms with Crippen LogP contribution in [0.2, 0.25) is 0 Å². The number of rotatable bonds is 6. The summed E-state index contributed by atoms with van der Waals surface area (Å²) in [5, 5.41) is 13.6. The van der Waals surface area contributed by atoms with Gasteiger partial charge in [-0.15, -0.1) is 0 Å². The molecule has 0 aliphatic rings. The maximum atomic E-state index is 12.0. The number of nitrogens with zero attached hydrogens (tertiary/aromatic N) is 1. The summed E-state index contributed by atoms with van der Waals surface area (Å²) in [7, 11) is 1.41. The standard InChI is InChI=1S/C17H18N2O5/c1-11-4-7-16(12(2)8-11)24-10-17(20)18-14-6-5-13(23-3)9-15(14)19(21)22/h4-9H,10H2,1-3H3,(H,18,20). The number of amides is 1. The monoisotopic (exact) mass is 330 g/mol. The lowest BCUT2D eigenvalue weighted by molar-refractivity contribution is -0.384. The number of nitro benzene ring substituents is 1. The number of nitrogens with one attached hydrogen (secondary N) is 1. The van der Waals surface area contributed by atoms with Crippen molar-refractivity contribution < 1.29 is 19.2 Å². The predicted molar refractivity (Wildman–Crippen MR) is 89.7 cm³/mol. The number of carbonyl (C=O) groups is 1. The van der Waals surface area contributed by atoms with Crippen LogP contribution in [0.15, 0.2) is 36.4 Å². The maximum absolute atomic E-state index is 12.0. The van der Waals surface area contributed by atoms with Crippen LogP contribution < -0.4 is 14.8 Å². The van der Waals surface area contributed by atoms with E-state index in [-0.39, 0.29) is 18.0 Å². The van der Waals surface area contributed by atoms with Crippen molar-refractivity contribution in [1.82, 2.24) is 0 Å². The van der Waals surface area contributed by atoms with Crippen LogP contribution in [0.1, 0.15) is 11.1 Å². The van der Waals surface area contributed by atoms with Crippen molar-refractivity contribution in [2.24, 2.45) is 0 Å². The van der Waals surface area contributed by atoms with E-state index in [4.69, 9.17) is 9.47 Å². The van der Waals surface area contributed by atoms with Gasteiger partial charge in [0.05, 0.1) is 18.1 Å². The molecular weight excluding hydrogens is 312 g/mol. The number of carbonyl (C=O) groups excluding carboxylic acids is 1. The van der Waals surface area contributed by atoms with Gasteiger partial charge < -0.3 is 14.8 Å². The Labute approximate surface area is 139 Å². The zero-order valence-corrected chi connectivity index (χ0v) is 13.7. The summed E-state index contributed by atoms with van der Waals surface area (Å²) in [5.41, 5.74) is 1.86. The SMILES string of the molecule is COc1ccc(NC(=O)COc2ccc(C)cc2C)c([N+](=O)[O-])c1. The molecule has 2 aromatic rings. The molecule has 7 heteroatoms.